The van der Waals surface area contributed by atoms with Crippen LogP contribution in [0.4, 0.5) is 0 Å². The van der Waals surface area contributed by atoms with E-state index in [2.05, 4.69) is 37.0 Å². The highest BCUT2D eigenvalue weighted by molar-refractivity contribution is 7.07. The van der Waals surface area contributed by atoms with Gasteiger partial charge < -0.3 is 9.47 Å². The third-order valence-corrected chi connectivity index (χ3v) is 5.64. The molecule has 0 bridgehead atoms. The first-order valence-corrected chi connectivity index (χ1v) is 9.85. The summed E-state index contributed by atoms with van der Waals surface area (Å²) in [5.41, 5.74) is 6.34. The molecule has 146 valence electrons. The molecule has 6 heteroatoms. The van der Waals surface area contributed by atoms with E-state index in [9.17, 15) is 0 Å². The van der Waals surface area contributed by atoms with Crippen LogP contribution in [0.1, 0.15) is 23.6 Å². The Morgan fingerprint density at radius 1 is 1.00 bits per heavy atom. The standard InChI is InChI=1S/C22H25N3O2S/c1-14-7-8-17(11-15(14)2)16(3)24-25-20(13-28-22(25)23-4)19-12-18(26-5)9-10-21(19)27-6/h7-13H,1-6H3. The Bertz CT molecular complexity index is 1090. The lowest BCUT2D eigenvalue weighted by Gasteiger charge is -2.12. The maximum absolute atomic E-state index is 5.57. The predicted molar refractivity (Wildman–Crippen MR) is 116 cm³/mol. The van der Waals surface area contributed by atoms with E-state index >= 15 is 0 Å². The summed E-state index contributed by atoms with van der Waals surface area (Å²) in [4.78, 5) is 5.20. The number of hydrogen-bond donors (Lipinski definition) is 0. The van der Waals surface area contributed by atoms with Crippen molar-refractivity contribution in [2.24, 2.45) is 10.1 Å². The van der Waals surface area contributed by atoms with Crippen LogP contribution in [0.5, 0.6) is 11.5 Å². The van der Waals surface area contributed by atoms with Gasteiger partial charge in [0.1, 0.15) is 11.5 Å². The van der Waals surface area contributed by atoms with E-state index in [0.29, 0.717) is 0 Å². The number of thiazole rings is 1. The Kier molecular flexibility index (Phi) is 5.99. The second-order valence-corrected chi connectivity index (χ2v) is 7.33. The minimum absolute atomic E-state index is 0.758. The zero-order valence-corrected chi connectivity index (χ0v) is 17.9. The van der Waals surface area contributed by atoms with Gasteiger partial charge in [-0.25, -0.2) is 4.68 Å². The molecule has 2 aromatic carbocycles. The van der Waals surface area contributed by atoms with Crippen LogP contribution < -0.4 is 14.3 Å². The summed E-state index contributed by atoms with van der Waals surface area (Å²) in [7, 11) is 5.09. The molecule has 1 heterocycles. The molecule has 3 aromatic rings. The van der Waals surface area contributed by atoms with Gasteiger partial charge in [0.25, 0.3) is 0 Å². The molecular formula is C22H25N3O2S. The molecule has 0 saturated heterocycles. The predicted octanol–water partition coefficient (Wildman–Crippen LogP) is 4.65. The average Bonchev–Trinajstić information content (AvgIpc) is 3.11. The molecule has 0 fully saturated rings. The van der Waals surface area contributed by atoms with Crippen LogP contribution in [0, 0.1) is 13.8 Å². The van der Waals surface area contributed by atoms with Gasteiger partial charge in [0.15, 0.2) is 0 Å². The normalized spacial score (nSPS) is 12.4. The number of ether oxygens (including phenoxy) is 2. The van der Waals surface area contributed by atoms with Crippen molar-refractivity contribution < 1.29 is 9.47 Å². The fourth-order valence-electron chi connectivity index (χ4n) is 2.92. The lowest BCUT2D eigenvalue weighted by Crippen LogP contribution is -2.14. The summed E-state index contributed by atoms with van der Waals surface area (Å²) in [6.45, 7) is 6.24. The van der Waals surface area contributed by atoms with E-state index in [4.69, 9.17) is 14.6 Å². The number of aromatic nitrogens is 1. The Hall–Kier alpha value is -2.86. The zero-order valence-electron chi connectivity index (χ0n) is 17.1. The van der Waals surface area contributed by atoms with Crippen molar-refractivity contribution in [3.05, 3.63) is 63.3 Å². The van der Waals surface area contributed by atoms with Crippen molar-refractivity contribution in [1.82, 2.24) is 4.68 Å². The molecule has 0 aliphatic heterocycles. The maximum Gasteiger partial charge on any atom is 0.205 e. The highest BCUT2D eigenvalue weighted by Crippen LogP contribution is 2.33. The highest BCUT2D eigenvalue weighted by Gasteiger charge is 2.14. The van der Waals surface area contributed by atoms with E-state index in [1.165, 1.54) is 22.5 Å². The van der Waals surface area contributed by atoms with Crippen LogP contribution in [-0.2, 0) is 0 Å². The maximum atomic E-state index is 5.57. The monoisotopic (exact) mass is 395 g/mol. The Balaban J connectivity index is 2.18. The largest absolute Gasteiger partial charge is 0.497 e. The SMILES string of the molecule is CN=c1scc(-c2cc(OC)ccc2OC)n1N=C(C)c1ccc(C)c(C)c1. The molecule has 0 amide bonds. The molecular weight excluding hydrogens is 370 g/mol. The van der Waals surface area contributed by atoms with Crippen LogP contribution in [0.15, 0.2) is 51.9 Å². The molecule has 0 aliphatic rings. The number of hydrogen-bond acceptors (Lipinski definition) is 5. The van der Waals surface area contributed by atoms with Crippen molar-refractivity contribution in [2.75, 3.05) is 21.3 Å². The molecule has 0 radical (unpaired) electrons. The van der Waals surface area contributed by atoms with E-state index in [-0.39, 0.29) is 0 Å². The van der Waals surface area contributed by atoms with Crippen LogP contribution in [-0.4, -0.2) is 31.7 Å². The van der Waals surface area contributed by atoms with E-state index in [1.54, 1.807) is 21.3 Å². The van der Waals surface area contributed by atoms with Gasteiger partial charge in [0.2, 0.25) is 4.80 Å². The van der Waals surface area contributed by atoms with Gasteiger partial charge in [-0.1, -0.05) is 12.1 Å². The van der Waals surface area contributed by atoms with Gasteiger partial charge in [-0.3, -0.25) is 4.99 Å². The number of methoxy groups -OCH3 is 2. The third-order valence-electron chi connectivity index (χ3n) is 4.73. The molecule has 0 aliphatic carbocycles. The van der Waals surface area contributed by atoms with Gasteiger partial charge in [-0.2, -0.15) is 5.10 Å². The molecule has 3 rings (SSSR count). The summed E-state index contributed by atoms with van der Waals surface area (Å²) in [6.07, 6.45) is 0. The molecule has 0 unspecified atom stereocenters. The smallest absolute Gasteiger partial charge is 0.205 e. The molecule has 5 nitrogen and oxygen atoms in total. The van der Waals surface area contributed by atoms with Crippen LogP contribution in [0.3, 0.4) is 0 Å². The number of benzene rings is 2. The summed E-state index contributed by atoms with van der Waals surface area (Å²) in [6, 6.07) is 12.1. The topological polar surface area (TPSA) is 48.1 Å². The van der Waals surface area contributed by atoms with Crippen LogP contribution in [0.2, 0.25) is 0 Å². The summed E-state index contributed by atoms with van der Waals surface area (Å²) in [5, 5.41) is 6.93. The first-order chi connectivity index (χ1) is 13.5. The first-order valence-electron chi connectivity index (χ1n) is 8.97. The van der Waals surface area contributed by atoms with Crippen molar-refractivity contribution in [3.63, 3.8) is 0 Å². The second-order valence-electron chi connectivity index (χ2n) is 6.49. The minimum atomic E-state index is 0.758. The Morgan fingerprint density at radius 2 is 1.79 bits per heavy atom. The fraction of sp³-hybridized carbons (Fsp3) is 0.273. The number of nitrogens with zero attached hydrogens (tertiary/aromatic N) is 3. The summed E-state index contributed by atoms with van der Waals surface area (Å²) in [5.74, 6) is 1.52. The highest BCUT2D eigenvalue weighted by atomic mass is 32.1. The molecule has 0 spiro atoms. The third kappa shape index (κ3) is 3.87. The van der Waals surface area contributed by atoms with Crippen molar-refractivity contribution >= 4 is 17.0 Å². The van der Waals surface area contributed by atoms with Crippen molar-refractivity contribution in [3.8, 4) is 22.8 Å². The molecule has 28 heavy (non-hydrogen) atoms. The van der Waals surface area contributed by atoms with Gasteiger partial charge in [-0.05, 0) is 61.7 Å². The zero-order chi connectivity index (χ0) is 20.3. The average molecular weight is 396 g/mol. The van der Waals surface area contributed by atoms with Crippen molar-refractivity contribution in [1.29, 1.82) is 0 Å². The number of aryl methyl sites for hydroxylation is 2. The van der Waals surface area contributed by atoms with Crippen molar-refractivity contribution in [2.45, 2.75) is 20.8 Å². The Morgan fingerprint density at radius 3 is 2.43 bits per heavy atom. The minimum Gasteiger partial charge on any atom is -0.497 e. The summed E-state index contributed by atoms with van der Waals surface area (Å²) >= 11 is 1.54. The molecule has 0 saturated carbocycles. The number of rotatable bonds is 5. The quantitative estimate of drug-likeness (QED) is 0.590. The van der Waals surface area contributed by atoms with E-state index in [0.717, 1.165) is 38.8 Å². The van der Waals surface area contributed by atoms with Gasteiger partial charge in [-0.15, -0.1) is 11.3 Å². The van der Waals surface area contributed by atoms with Gasteiger partial charge >= 0.3 is 0 Å². The molecule has 0 N–H and O–H groups in total. The fourth-order valence-corrected chi connectivity index (χ4v) is 3.71. The van der Waals surface area contributed by atoms with E-state index < -0.39 is 0 Å². The van der Waals surface area contributed by atoms with Crippen LogP contribution >= 0.6 is 11.3 Å². The lowest BCUT2D eigenvalue weighted by atomic mass is 10.0. The molecule has 0 atom stereocenters. The molecule has 1 aromatic heterocycles. The Labute approximate surface area is 169 Å². The van der Waals surface area contributed by atoms with Crippen LogP contribution in [0.25, 0.3) is 11.3 Å². The van der Waals surface area contributed by atoms with E-state index in [1.807, 2.05) is 35.2 Å². The summed E-state index contributed by atoms with van der Waals surface area (Å²) < 4.78 is 12.8. The van der Waals surface area contributed by atoms with Gasteiger partial charge in [0.05, 0.1) is 25.6 Å². The lowest BCUT2D eigenvalue weighted by molar-refractivity contribution is 0.404. The second kappa shape index (κ2) is 8.44. The van der Waals surface area contributed by atoms with Gasteiger partial charge in [0, 0.05) is 18.0 Å². The first kappa shape index (κ1) is 19.9.